The predicted molar refractivity (Wildman–Crippen MR) is 87.9 cm³/mol. The van der Waals surface area contributed by atoms with E-state index < -0.39 is 0 Å². The predicted octanol–water partition coefficient (Wildman–Crippen LogP) is 4.17. The first-order valence-electron chi connectivity index (χ1n) is 7.17. The highest BCUT2D eigenvalue weighted by Crippen LogP contribution is 2.33. The Morgan fingerprint density at radius 1 is 1.27 bits per heavy atom. The molecule has 0 saturated carbocycles. The van der Waals surface area contributed by atoms with Crippen LogP contribution in [-0.2, 0) is 0 Å². The minimum Gasteiger partial charge on any atom is -0.484 e. The third-order valence-corrected chi connectivity index (χ3v) is 4.44. The molecule has 0 amide bonds. The summed E-state index contributed by atoms with van der Waals surface area (Å²) in [5.41, 5.74) is 0. The third-order valence-electron chi connectivity index (χ3n) is 3.48. The van der Waals surface area contributed by atoms with Gasteiger partial charge >= 0.3 is 0 Å². The van der Waals surface area contributed by atoms with Gasteiger partial charge in [0.05, 0.1) is 0 Å². The standard InChI is InChI=1S/C17H17FN2OS/c1-19-9-8-15(16-5-6-17(18)22-16)21-14-4-2-3-12-11-20-10-7-13(12)14/h2-7,10-11,15,19H,8-9H2,1H3. The molecule has 3 aromatic rings. The quantitative estimate of drug-likeness (QED) is 0.741. The van der Waals surface area contributed by atoms with E-state index in [1.54, 1.807) is 12.3 Å². The highest BCUT2D eigenvalue weighted by atomic mass is 32.1. The van der Waals surface area contributed by atoms with E-state index in [2.05, 4.69) is 10.3 Å². The van der Waals surface area contributed by atoms with E-state index in [-0.39, 0.29) is 11.2 Å². The van der Waals surface area contributed by atoms with E-state index in [0.29, 0.717) is 0 Å². The molecule has 3 nitrogen and oxygen atoms in total. The van der Waals surface area contributed by atoms with Gasteiger partial charge in [-0.2, -0.15) is 4.39 Å². The number of benzene rings is 1. The summed E-state index contributed by atoms with van der Waals surface area (Å²) in [6.45, 7) is 0.802. The number of nitrogens with zero attached hydrogens (tertiary/aromatic N) is 1. The van der Waals surface area contributed by atoms with Crippen LogP contribution in [0.1, 0.15) is 17.4 Å². The van der Waals surface area contributed by atoms with Crippen molar-refractivity contribution in [1.29, 1.82) is 0 Å². The molecule has 1 atom stereocenters. The summed E-state index contributed by atoms with van der Waals surface area (Å²) in [6.07, 6.45) is 4.18. The number of fused-ring (bicyclic) bond motifs is 1. The van der Waals surface area contributed by atoms with Crippen molar-refractivity contribution in [2.75, 3.05) is 13.6 Å². The first-order valence-corrected chi connectivity index (χ1v) is 7.99. The van der Waals surface area contributed by atoms with Crippen LogP contribution in [0.2, 0.25) is 0 Å². The Morgan fingerprint density at radius 3 is 2.95 bits per heavy atom. The maximum Gasteiger partial charge on any atom is 0.176 e. The fourth-order valence-corrected chi connectivity index (χ4v) is 3.18. The number of hydrogen-bond acceptors (Lipinski definition) is 4. The van der Waals surface area contributed by atoms with Crippen LogP contribution in [0.5, 0.6) is 5.75 Å². The van der Waals surface area contributed by atoms with E-state index in [1.165, 1.54) is 6.07 Å². The monoisotopic (exact) mass is 316 g/mol. The van der Waals surface area contributed by atoms with Crippen LogP contribution in [0.25, 0.3) is 10.8 Å². The lowest BCUT2D eigenvalue weighted by Gasteiger charge is -2.19. The van der Waals surface area contributed by atoms with Crippen molar-refractivity contribution in [1.82, 2.24) is 10.3 Å². The van der Waals surface area contributed by atoms with E-state index in [9.17, 15) is 4.39 Å². The lowest BCUT2D eigenvalue weighted by atomic mass is 10.1. The Hall–Kier alpha value is -1.98. The molecule has 1 N–H and O–H groups in total. The van der Waals surface area contributed by atoms with Crippen molar-refractivity contribution in [3.8, 4) is 5.75 Å². The van der Waals surface area contributed by atoms with Gasteiger partial charge in [0.15, 0.2) is 5.13 Å². The highest BCUT2D eigenvalue weighted by Gasteiger charge is 2.17. The zero-order valence-electron chi connectivity index (χ0n) is 12.3. The second kappa shape index (κ2) is 6.85. The lowest BCUT2D eigenvalue weighted by Crippen LogP contribution is -2.15. The molecular formula is C17H17FN2OS. The average molecular weight is 316 g/mol. The van der Waals surface area contributed by atoms with Crippen LogP contribution < -0.4 is 10.1 Å². The third kappa shape index (κ3) is 3.26. The molecule has 0 bridgehead atoms. The first kappa shape index (κ1) is 14.9. The fourth-order valence-electron chi connectivity index (χ4n) is 2.38. The summed E-state index contributed by atoms with van der Waals surface area (Å²) < 4.78 is 19.5. The van der Waals surface area contributed by atoms with Gasteiger partial charge in [0.25, 0.3) is 0 Å². The van der Waals surface area contributed by atoms with Gasteiger partial charge in [-0.3, -0.25) is 4.98 Å². The molecule has 5 heteroatoms. The minimum absolute atomic E-state index is 0.166. The Labute approximate surface area is 132 Å². The number of halogens is 1. The highest BCUT2D eigenvalue weighted by molar-refractivity contribution is 7.10. The maximum absolute atomic E-state index is 13.3. The van der Waals surface area contributed by atoms with Gasteiger partial charge in [-0.15, -0.1) is 11.3 Å². The molecule has 1 aromatic carbocycles. The maximum atomic E-state index is 13.3. The van der Waals surface area contributed by atoms with Crippen LogP contribution in [0.4, 0.5) is 4.39 Å². The van der Waals surface area contributed by atoms with Crippen molar-refractivity contribution >= 4 is 22.1 Å². The number of rotatable bonds is 6. The van der Waals surface area contributed by atoms with Gasteiger partial charge in [-0.05, 0) is 37.9 Å². The van der Waals surface area contributed by atoms with Crippen LogP contribution in [0.3, 0.4) is 0 Å². The molecule has 0 spiro atoms. The second-order valence-corrected chi connectivity index (χ2v) is 6.06. The van der Waals surface area contributed by atoms with E-state index in [4.69, 9.17) is 4.74 Å². The van der Waals surface area contributed by atoms with E-state index in [0.717, 1.165) is 45.7 Å². The molecule has 0 aliphatic heterocycles. The summed E-state index contributed by atoms with van der Waals surface area (Å²) in [6, 6.07) is 11.1. The Morgan fingerprint density at radius 2 is 2.18 bits per heavy atom. The second-order valence-electron chi connectivity index (χ2n) is 4.99. The largest absolute Gasteiger partial charge is 0.484 e. The molecule has 2 heterocycles. The van der Waals surface area contributed by atoms with Crippen molar-refractivity contribution in [3.63, 3.8) is 0 Å². The van der Waals surface area contributed by atoms with Gasteiger partial charge in [0.1, 0.15) is 11.9 Å². The van der Waals surface area contributed by atoms with Crippen molar-refractivity contribution in [2.45, 2.75) is 12.5 Å². The summed E-state index contributed by atoms with van der Waals surface area (Å²) >= 11 is 1.14. The molecule has 0 aliphatic rings. The summed E-state index contributed by atoms with van der Waals surface area (Å²) in [4.78, 5) is 5.03. The number of ether oxygens (including phenoxy) is 1. The van der Waals surface area contributed by atoms with Crippen molar-refractivity contribution in [2.24, 2.45) is 0 Å². The summed E-state index contributed by atoms with van der Waals surface area (Å²) in [5, 5.41) is 4.98. The molecule has 3 rings (SSSR count). The molecule has 0 aliphatic carbocycles. The SMILES string of the molecule is CNCCC(Oc1cccc2cnccc12)c1ccc(F)s1. The van der Waals surface area contributed by atoms with Crippen LogP contribution >= 0.6 is 11.3 Å². The smallest absolute Gasteiger partial charge is 0.176 e. The molecule has 114 valence electrons. The van der Waals surface area contributed by atoms with Gasteiger partial charge < -0.3 is 10.1 Å². The number of hydrogen-bond donors (Lipinski definition) is 1. The van der Waals surface area contributed by atoms with Crippen LogP contribution in [0.15, 0.2) is 48.8 Å². The minimum atomic E-state index is -0.185. The van der Waals surface area contributed by atoms with Crippen LogP contribution in [-0.4, -0.2) is 18.6 Å². The van der Waals surface area contributed by atoms with Gasteiger partial charge in [-0.1, -0.05) is 12.1 Å². The molecule has 0 fully saturated rings. The first-order chi connectivity index (χ1) is 10.8. The van der Waals surface area contributed by atoms with Crippen molar-refractivity contribution in [3.05, 3.63) is 58.8 Å². The zero-order chi connectivity index (χ0) is 15.4. The van der Waals surface area contributed by atoms with Gasteiger partial charge in [-0.25, -0.2) is 0 Å². The number of nitrogens with one attached hydrogen (secondary N) is 1. The Kier molecular flexibility index (Phi) is 4.65. The number of pyridine rings is 1. The Balaban J connectivity index is 1.91. The molecular weight excluding hydrogens is 299 g/mol. The number of aromatic nitrogens is 1. The Bertz CT molecular complexity index is 754. The number of thiophene rings is 1. The van der Waals surface area contributed by atoms with Gasteiger partial charge in [0.2, 0.25) is 0 Å². The van der Waals surface area contributed by atoms with E-state index in [1.807, 2.05) is 37.5 Å². The molecule has 0 saturated heterocycles. The summed E-state index contributed by atoms with van der Waals surface area (Å²) in [7, 11) is 1.90. The lowest BCUT2D eigenvalue weighted by molar-refractivity contribution is 0.201. The molecule has 2 aromatic heterocycles. The van der Waals surface area contributed by atoms with Gasteiger partial charge in [0, 0.05) is 34.5 Å². The molecule has 22 heavy (non-hydrogen) atoms. The zero-order valence-corrected chi connectivity index (χ0v) is 13.1. The van der Waals surface area contributed by atoms with E-state index >= 15 is 0 Å². The average Bonchev–Trinajstić information content (AvgIpc) is 2.98. The van der Waals surface area contributed by atoms with Crippen molar-refractivity contribution < 1.29 is 9.13 Å². The summed E-state index contributed by atoms with van der Waals surface area (Å²) in [5.74, 6) is 0.801. The molecule has 0 radical (unpaired) electrons. The van der Waals surface area contributed by atoms with Crippen LogP contribution in [0, 0.1) is 5.13 Å². The normalized spacial score (nSPS) is 12.5. The molecule has 1 unspecified atom stereocenters. The fraction of sp³-hybridized carbons (Fsp3) is 0.235. The topological polar surface area (TPSA) is 34.1 Å².